The third-order valence-electron chi connectivity index (χ3n) is 3.66. The molecule has 5 heteroatoms. The Balaban J connectivity index is 1.89. The third-order valence-corrected chi connectivity index (χ3v) is 3.97. The minimum absolute atomic E-state index is 0.0540. The second kappa shape index (κ2) is 5.80. The van der Waals surface area contributed by atoms with Crippen molar-refractivity contribution in [2.45, 2.75) is 25.8 Å². The lowest BCUT2D eigenvalue weighted by atomic mass is 10.2. The zero-order chi connectivity index (χ0) is 14.0. The lowest BCUT2D eigenvalue weighted by Gasteiger charge is -2.23. The number of hydrogen-bond acceptors (Lipinski definition) is 3. The van der Waals surface area contributed by atoms with E-state index < -0.39 is 0 Å². The van der Waals surface area contributed by atoms with Crippen LogP contribution in [0.2, 0.25) is 5.02 Å². The molecule has 0 aliphatic heterocycles. The molecular formula is C14H20ClN3O. The van der Waals surface area contributed by atoms with Crippen LogP contribution in [-0.2, 0) is 4.79 Å². The molecule has 0 saturated heterocycles. The fourth-order valence-electron chi connectivity index (χ4n) is 2.13. The van der Waals surface area contributed by atoms with E-state index in [9.17, 15) is 4.79 Å². The van der Waals surface area contributed by atoms with Crippen molar-refractivity contribution in [3.63, 3.8) is 0 Å². The van der Waals surface area contributed by atoms with Gasteiger partial charge in [0.25, 0.3) is 0 Å². The molecule has 1 aliphatic carbocycles. The summed E-state index contributed by atoms with van der Waals surface area (Å²) in [6, 6.07) is 5.53. The summed E-state index contributed by atoms with van der Waals surface area (Å²) < 4.78 is 0. The maximum atomic E-state index is 12.0. The smallest absolute Gasteiger partial charge is 0.238 e. The quantitative estimate of drug-likeness (QED) is 0.816. The molecule has 0 aromatic heterocycles. The lowest BCUT2D eigenvalue weighted by molar-refractivity contribution is -0.117. The number of carbonyl (C=O) groups excluding carboxylic acids is 1. The van der Waals surface area contributed by atoms with Gasteiger partial charge in [0.15, 0.2) is 0 Å². The summed E-state index contributed by atoms with van der Waals surface area (Å²) in [7, 11) is 1.98. The fraction of sp³-hybridized carbons (Fsp3) is 0.500. The van der Waals surface area contributed by atoms with E-state index in [-0.39, 0.29) is 5.91 Å². The number of nitrogens with zero attached hydrogens (tertiary/aromatic N) is 1. The highest BCUT2D eigenvalue weighted by Gasteiger charge is 2.30. The molecule has 1 aromatic rings. The number of amides is 1. The second-order valence-corrected chi connectivity index (χ2v) is 5.69. The summed E-state index contributed by atoms with van der Waals surface area (Å²) in [6.45, 7) is 2.54. The van der Waals surface area contributed by atoms with E-state index in [2.05, 4.69) is 17.1 Å². The van der Waals surface area contributed by atoms with Crippen LogP contribution in [-0.4, -0.2) is 30.4 Å². The van der Waals surface area contributed by atoms with E-state index >= 15 is 0 Å². The Morgan fingerprint density at radius 2 is 2.26 bits per heavy atom. The van der Waals surface area contributed by atoms with Crippen molar-refractivity contribution < 1.29 is 4.79 Å². The van der Waals surface area contributed by atoms with Crippen molar-refractivity contribution in [2.24, 2.45) is 5.92 Å². The zero-order valence-corrected chi connectivity index (χ0v) is 12.1. The number of nitrogens with two attached hydrogens (primary N) is 1. The molecule has 3 N–H and O–H groups in total. The van der Waals surface area contributed by atoms with E-state index in [1.165, 1.54) is 12.8 Å². The van der Waals surface area contributed by atoms with E-state index in [0.717, 1.165) is 5.92 Å². The minimum Gasteiger partial charge on any atom is -0.399 e. The Morgan fingerprint density at radius 3 is 2.84 bits per heavy atom. The average molecular weight is 282 g/mol. The van der Waals surface area contributed by atoms with Crippen LogP contribution in [0.4, 0.5) is 11.4 Å². The molecule has 0 heterocycles. The SMILES string of the molecule is CC(C1CC1)N(C)CC(=O)Nc1ccc(N)cc1Cl. The summed E-state index contributed by atoms with van der Waals surface area (Å²) in [6.07, 6.45) is 2.55. The normalized spacial score (nSPS) is 16.4. The van der Waals surface area contributed by atoms with Crippen molar-refractivity contribution >= 4 is 28.9 Å². The molecule has 1 aromatic carbocycles. The van der Waals surface area contributed by atoms with Gasteiger partial charge >= 0.3 is 0 Å². The Hall–Kier alpha value is -1.26. The average Bonchev–Trinajstić information content (AvgIpc) is 3.15. The molecule has 1 fully saturated rings. The first-order valence-electron chi connectivity index (χ1n) is 6.52. The molecule has 1 atom stereocenters. The molecule has 1 aliphatic rings. The maximum Gasteiger partial charge on any atom is 0.238 e. The second-order valence-electron chi connectivity index (χ2n) is 5.28. The molecule has 2 rings (SSSR count). The molecule has 0 radical (unpaired) electrons. The Kier molecular flexibility index (Phi) is 4.32. The molecule has 104 valence electrons. The molecule has 4 nitrogen and oxygen atoms in total. The van der Waals surface area contributed by atoms with Crippen LogP contribution >= 0.6 is 11.6 Å². The van der Waals surface area contributed by atoms with Crippen molar-refractivity contribution in [2.75, 3.05) is 24.6 Å². The van der Waals surface area contributed by atoms with Gasteiger partial charge in [-0.1, -0.05) is 11.6 Å². The minimum atomic E-state index is -0.0540. The van der Waals surface area contributed by atoms with Gasteiger partial charge in [0, 0.05) is 11.7 Å². The summed E-state index contributed by atoms with van der Waals surface area (Å²) in [4.78, 5) is 14.0. The highest BCUT2D eigenvalue weighted by molar-refractivity contribution is 6.34. The largest absolute Gasteiger partial charge is 0.399 e. The highest BCUT2D eigenvalue weighted by atomic mass is 35.5. The topological polar surface area (TPSA) is 58.4 Å². The van der Waals surface area contributed by atoms with Gasteiger partial charge < -0.3 is 11.1 Å². The Bertz CT molecular complexity index is 474. The first-order valence-corrected chi connectivity index (χ1v) is 6.90. The summed E-state index contributed by atoms with van der Waals surface area (Å²) in [5, 5.41) is 3.28. The van der Waals surface area contributed by atoms with Crippen molar-refractivity contribution in [1.29, 1.82) is 0 Å². The van der Waals surface area contributed by atoms with Crippen LogP contribution in [0.15, 0.2) is 18.2 Å². The number of rotatable bonds is 5. The predicted octanol–water partition coefficient (Wildman–Crippen LogP) is 2.59. The summed E-state index contributed by atoms with van der Waals surface area (Å²) in [5.41, 5.74) is 6.80. The molecule has 1 unspecified atom stereocenters. The Morgan fingerprint density at radius 1 is 1.58 bits per heavy atom. The number of benzene rings is 1. The molecule has 1 saturated carbocycles. The molecule has 0 spiro atoms. The standard InChI is InChI=1S/C14H20ClN3O/c1-9(10-3-4-10)18(2)8-14(19)17-13-6-5-11(16)7-12(13)15/h5-7,9-10H,3-4,8,16H2,1-2H3,(H,17,19). The van der Waals surface area contributed by atoms with Crippen molar-refractivity contribution in [3.05, 3.63) is 23.2 Å². The molecule has 19 heavy (non-hydrogen) atoms. The number of hydrogen-bond donors (Lipinski definition) is 2. The highest BCUT2D eigenvalue weighted by Crippen LogP contribution is 2.34. The number of nitrogens with one attached hydrogen (secondary N) is 1. The zero-order valence-electron chi connectivity index (χ0n) is 11.3. The van der Waals surface area contributed by atoms with Crippen molar-refractivity contribution in [3.8, 4) is 0 Å². The van der Waals surface area contributed by atoms with E-state index in [1.54, 1.807) is 18.2 Å². The monoisotopic (exact) mass is 281 g/mol. The van der Waals surface area contributed by atoms with Crippen LogP contribution < -0.4 is 11.1 Å². The first kappa shape index (κ1) is 14.2. The van der Waals surface area contributed by atoms with Crippen LogP contribution in [0, 0.1) is 5.92 Å². The van der Waals surface area contributed by atoms with Crippen molar-refractivity contribution in [1.82, 2.24) is 4.90 Å². The van der Waals surface area contributed by atoms with Gasteiger partial charge in [-0.3, -0.25) is 9.69 Å². The van der Waals surface area contributed by atoms with E-state index in [1.807, 2.05) is 7.05 Å². The van der Waals surface area contributed by atoms with Gasteiger partial charge in [-0.15, -0.1) is 0 Å². The first-order chi connectivity index (χ1) is 8.97. The van der Waals surface area contributed by atoms with E-state index in [4.69, 9.17) is 17.3 Å². The number of nitrogen functional groups attached to an aromatic ring is 1. The summed E-state index contributed by atoms with van der Waals surface area (Å²) in [5.74, 6) is 0.694. The van der Waals surface area contributed by atoms with Gasteiger partial charge in [-0.2, -0.15) is 0 Å². The number of anilines is 2. The lowest BCUT2D eigenvalue weighted by Crippen LogP contribution is -2.37. The predicted molar refractivity (Wildman–Crippen MR) is 79.3 cm³/mol. The van der Waals surface area contributed by atoms with Gasteiger partial charge in [0.05, 0.1) is 17.3 Å². The fourth-order valence-corrected chi connectivity index (χ4v) is 2.37. The van der Waals surface area contributed by atoms with Gasteiger partial charge in [0.2, 0.25) is 5.91 Å². The van der Waals surface area contributed by atoms with E-state index in [0.29, 0.717) is 29.0 Å². The Labute approximate surface area is 118 Å². The number of carbonyl (C=O) groups is 1. The van der Waals surface area contributed by atoms with Gasteiger partial charge in [-0.25, -0.2) is 0 Å². The van der Waals surface area contributed by atoms with Crippen LogP contribution in [0.1, 0.15) is 19.8 Å². The summed E-state index contributed by atoms with van der Waals surface area (Å²) >= 11 is 6.02. The molecule has 0 bridgehead atoms. The third kappa shape index (κ3) is 3.85. The van der Waals surface area contributed by atoms with Crippen LogP contribution in [0.25, 0.3) is 0 Å². The maximum absolute atomic E-state index is 12.0. The number of halogens is 1. The van der Waals surface area contributed by atoms with Gasteiger partial charge in [0.1, 0.15) is 0 Å². The van der Waals surface area contributed by atoms with Crippen LogP contribution in [0.5, 0.6) is 0 Å². The van der Waals surface area contributed by atoms with Crippen LogP contribution in [0.3, 0.4) is 0 Å². The molecule has 1 amide bonds. The number of likely N-dealkylation sites (N-methyl/N-ethyl adjacent to an activating group) is 1. The molecular weight excluding hydrogens is 262 g/mol. The van der Waals surface area contributed by atoms with Gasteiger partial charge in [-0.05, 0) is 50.9 Å².